The zero-order valence-electron chi connectivity index (χ0n) is 7.53. The zero-order chi connectivity index (χ0) is 9.68. The summed E-state index contributed by atoms with van der Waals surface area (Å²) >= 11 is 3.65. The first-order chi connectivity index (χ1) is 6.18. The van der Waals surface area contributed by atoms with E-state index in [0.717, 1.165) is 6.42 Å². The molecule has 70 valence electrons. The lowest BCUT2D eigenvalue weighted by Gasteiger charge is -2.11. The highest BCUT2D eigenvalue weighted by Crippen LogP contribution is 2.02. The molecule has 1 atom stereocenters. The van der Waals surface area contributed by atoms with Crippen LogP contribution in [0.2, 0.25) is 0 Å². The molecule has 0 aliphatic carbocycles. The highest BCUT2D eigenvalue weighted by Gasteiger charge is 2.03. The predicted octanol–water partition coefficient (Wildman–Crippen LogP) is 2.26. The maximum absolute atomic E-state index is 10.6. The largest absolute Gasteiger partial charge is 0.344 e. The molecule has 1 aromatic rings. The minimum absolute atomic E-state index is 0.132. The van der Waals surface area contributed by atoms with Crippen molar-refractivity contribution in [3.8, 4) is 0 Å². The predicted molar refractivity (Wildman–Crippen MR) is 57.1 cm³/mol. The van der Waals surface area contributed by atoms with Gasteiger partial charge in [-0.05, 0) is 18.9 Å². The first-order valence-electron chi connectivity index (χ1n) is 4.22. The summed E-state index contributed by atoms with van der Waals surface area (Å²) in [6.07, 6.45) is 0.840. The Hall–Kier alpha value is -0.960. The van der Waals surface area contributed by atoms with Gasteiger partial charge < -0.3 is 5.32 Å². The second-order valence-corrected chi connectivity index (χ2v) is 3.45. The number of hydrogen-bond donors (Lipinski definition) is 2. The monoisotopic (exact) mass is 195 g/mol. The van der Waals surface area contributed by atoms with Crippen molar-refractivity contribution in [3.05, 3.63) is 35.9 Å². The summed E-state index contributed by atoms with van der Waals surface area (Å²) in [4.78, 5) is 10.6. The van der Waals surface area contributed by atoms with E-state index in [0.29, 0.717) is 0 Å². The maximum Gasteiger partial charge on any atom is 0.276 e. The second-order valence-electron chi connectivity index (χ2n) is 3.04. The summed E-state index contributed by atoms with van der Waals surface area (Å²) in [5.74, 6) is 0. The quantitative estimate of drug-likeness (QED) is 0.712. The van der Waals surface area contributed by atoms with Crippen LogP contribution in [0.15, 0.2) is 30.3 Å². The van der Waals surface area contributed by atoms with E-state index in [4.69, 9.17) is 0 Å². The van der Waals surface area contributed by atoms with Gasteiger partial charge >= 0.3 is 0 Å². The van der Waals surface area contributed by atoms with Gasteiger partial charge in [-0.25, -0.2) is 0 Å². The molecule has 0 spiro atoms. The molecule has 0 bridgehead atoms. The van der Waals surface area contributed by atoms with Crippen molar-refractivity contribution in [1.29, 1.82) is 0 Å². The average molecular weight is 195 g/mol. The van der Waals surface area contributed by atoms with Gasteiger partial charge in [-0.15, -0.1) is 0 Å². The van der Waals surface area contributed by atoms with E-state index < -0.39 is 0 Å². The first-order valence-corrected chi connectivity index (χ1v) is 4.66. The Morgan fingerprint density at radius 3 is 2.62 bits per heavy atom. The number of carbonyl (C=O) groups excluding carboxylic acids is 1. The van der Waals surface area contributed by atoms with Crippen LogP contribution in [0.25, 0.3) is 0 Å². The molecule has 3 heteroatoms. The van der Waals surface area contributed by atoms with Crippen LogP contribution in [-0.4, -0.2) is 11.3 Å². The average Bonchev–Trinajstić information content (AvgIpc) is 2.04. The topological polar surface area (TPSA) is 29.1 Å². The van der Waals surface area contributed by atoms with Gasteiger partial charge in [0.25, 0.3) is 5.24 Å². The highest BCUT2D eigenvalue weighted by molar-refractivity contribution is 7.96. The molecule has 1 aromatic carbocycles. The molecule has 0 saturated carbocycles. The van der Waals surface area contributed by atoms with Crippen LogP contribution >= 0.6 is 12.6 Å². The van der Waals surface area contributed by atoms with Gasteiger partial charge in [-0.3, -0.25) is 4.79 Å². The third-order valence-corrected chi connectivity index (χ3v) is 1.88. The third-order valence-electron chi connectivity index (χ3n) is 1.75. The number of carbonyl (C=O) groups is 1. The van der Waals surface area contributed by atoms with Crippen molar-refractivity contribution in [1.82, 2.24) is 5.32 Å². The van der Waals surface area contributed by atoms with E-state index in [1.165, 1.54) is 5.56 Å². The third kappa shape index (κ3) is 3.99. The van der Waals surface area contributed by atoms with Crippen molar-refractivity contribution in [3.63, 3.8) is 0 Å². The standard InChI is InChI=1S/C10H13NOS/c1-8(11-10(12)13)7-9-5-3-2-4-6-9/h2-6,8H,7H2,1H3,(H2,11,12,13). The molecule has 13 heavy (non-hydrogen) atoms. The minimum Gasteiger partial charge on any atom is -0.344 e. The van der Waals surface area contributed by atoms with Gasteiger partial charge in [0.05, 0.1) is 0 Å². The lowest BCUT2D eigenvalue weighted by atomic mass is 10.1. The Kier molecular flexibility index (Phi) is 3.83. The van der Waals surface area contributed by atoms with Crippen LogP contribution in [0, 0.1) is 0 Å². The summed E-state index contributed by atoms with van der Waals surface area (Å²) in [5.41, 5.74) is 1.22. The van der Waals surface area contributed by atoms with Crippen molar-refractivity contribution in [2.75, 3.05) is 0 Å². The summed E-state index contributed by atoms with van der Waals surface area (Å²) in [7, 11) is 0. The smallest absolute Gasteiger partial charge is 0.276 e. The van der Waals surface area contributed by atoms with Crippen molar-refractivity contribution < 1.29 is 4.79 Å². The molecule has 1 unspecified atom stereocenters. The van der Waals surface area contributed by atoms with Crippen LogP contribution in [0.4, 0.5) is 4.79 Å². The van der Waals surface area contributed by atoms with E-state index in [9.17, 15) is 4.79 Å². The number of hydrogen-bond acceptors (Lipinski definition) is 1. The molecule has 0 aliphatic heterocycles. The summed E-state index contributed by atoms with van der Waals surface area (Å²) in [6, 6.07) is 10.2. The van der Waals surface area contributed by atoms with Crippen molar-refractivity contribution in [2.45, 2.75) is 19.4 Å². The molecule has 0 aliphatic rings. The van der Waals surface area contributed by atoms with Crippen molar-refractivity contribution in [2.24, 2.45) is 0 Å². The minimum atomic E-state index is -0.275. The Morgan fingerprint density at radius 1 is 1.46 bits per heavy atom. The Balaban J connectivity index is 2.45. The van der Waals surface area contributed by atoms with Crippen molar-refractivity contribution >= 4 is 17.9 Å². The normalized spacial score (nSPS) is 12.2. The number of nitrogens with one attached hydrogen (secondary N) is 1. The molecule has 1 N–H and O–H groups in total. The lowest BCUT2D eigenvalue weighted by molar-refractivity contribution is 0.258. The van der Waals surface area contributed by atoms with E-state index in [1.54, 1.807) is 0 Å². The maximum atomic E-state index is 10.6. The number of benzene rings is 1. The lowest BCUT2D eigenvalue weighted by Crippen LogP contribution is -2.29. The fourth-order valence-corrected chi connectivity index (χ4v) is 1.45. The number of amides is 1. The van der Waals surface area contributed by atoms with Crippen LogP contribution in [0.5, 0.6) is 0 Å². The molecular weight excluding hydrogens is 182 g/mol. The van der Waals surface area contributed by atoms with Gasteiger partial charge in [-0.1, -0.05) is 43.0 Å². The van der Waals surface area contributed by atoms with Gasteiger partial charge in [0, 0.05) is 6.04 Å². The van der Waals surface area contributed by atoms with Gasteiger partial charge in [0.2, 0.25) is 0 Å². The van der Waals surface area contributed by atoms with E-state index >= 15 is 0 Å². The van der Waals surface area contributed by atoms with Gasteiger partial charge in [0.1, 0.15) is 0 Å². The van der Waals surface area contributed by atoms with E-state index in [-0.39, 0.29) is 11.3 Å². The molecule has 1 amide bonds. The molecule has 2 nitrogen and oxygen atoms in total. The Morgan fingerprint density at radius 2 is 2.08 bits per heavy atom. The molecule has 0 radical (unpaired) electrons. The summed E-state index contributed by atoms with van der Waals surface area (Å²) < 4.78 is 0. The number of thiol groups is 1. The molecule has 0 heterocycles. The second kappa shape index (κ2) is 4.92. The Bertz CT molecular complexity index is 274. The van der Waals surface area contributed by atoms with Gasteiger partial charge in [-0.2, -0.15) is 0 Å². The Labute approximate surface area is 83.8 Å². The fraction of sp³-hybridized carbons (Fsp3) is 0.300. The number of rotatable bonds is 3. The molecule has 0 saturated heterocycles. The van der Waals surface area contributed by atoms with E-state index in [2.05, 4.69) is 17.9 Å². The van der Waals surface area contributed by atoms with Crippen LogP contribution in [0.3, 0.4) is 0 Å². The van der Waals surface area contributed by atoms with Crippen LogP contribution < -0.4 is 5.32 Å². The molecular formula is C10H13NOS. The van der Waals surface area contributed by atoms with E-state index in [1.807, 2.05) is 37.3 Å². The summed E-state index contributed by atoms with van der Waals surface area (Å²) in [6.45, 7) is 1.96. The summed E-state index contributed by atoms with van der Waals surface area (Å²) in [5, 5.41) is 2.44. The molecule has 1 rings (SSSR count). The van der Waals surface area contributed by atoms with Crippen LogP contribution in [0.1, 0.15) is 12.5 Å². The molecule has 0 aromatic heterocycles. The zero-order valence-corrected chi connectivity index (χ0v) is 8.42. The molecule has 0 fully saturated rings. The fourth-order valence-electron chi connectivity index (χ4n) is 1.23. The van der Waals surface area contributed by atoms with Crippen LogP contribution in [-0.2, 0) is 6.42 Å². The first kappa shape index (κ1) is 10.1. The van der Waals surface area contributed by atoms with Gasteiger partial charge in [0.15, 0.2) is 0 Å². The highest BCUT2D eigenvalue weighted by atomic mass is 32.1. The SMILES string of the molecule is CC(Cc1ccccc1)NC(=O)S.